The van der Waals surface area contributed by atoms with Gasteiger partial charge in [0.25, 0.3) is 5.69 Å². The molecule has 0 spiro atoms. The Labute approximate surface area is 175 Å². The highest BCUT2D eigenvalue weighted by Gasteiger charge is 2.21. The zero-order chi connectivity index (χ0) is 21.7. The summed E-state index contributed by atoms with van der Waals surface area (Å²) in [5.41, 5.74) is 1.54. The number of nitro benzene ring substituents is 1. The number of hydrogen-bond acceptors (Lipinski definition) is 6. The highest BCUT2D eigenvalue weighted by molar-refractivity contribution is 7.90. The number of hydrogen-bond donors (Lipinski definition) is 2. The van der Waals surface area contributed by atoms with Gasteiger partial charge >= 0.3 is 0 Å². The summed E-state index contributed by atoms with van der Waals surface area (Å²) < 4.78 is 24.1. The first-order valence-electron chi connectivity index (χ1n) is 9.86. The van der Waals surface area contributed by atoms with Crippen LogP contribution in [0.15, 0.2) is 47.4 Å². The fraction of sp³-hybridized carbons (Fsp3) is 0.381. The Morgan fingerprint density at radius 1 is 1.13 bits per heavy atom. The summed E-state index contributed by atoms with van der Waals surface area (Å²) in [5, 5.41) is 17.0. The average Bonchev–Trinajstić information content (AvgIpc) is 2.72. The van der Waals surface area contributed by atoms with Crippen molar-refractivity contribution in [1.82, 2.24) is 0 Å². The van der Waals surface area contributed by atoms with E-state index in [2.05, 4.69) is 10.6 Å². The van der Waals surface area contributed by atoms with E-state index in [0.29, 0.717) is 17.9 Å². The Morgan fingerprint density at radius 3 is 2.53 bits per heavy atom. The first kappa shape index (κ1) is 21.8. The van der Waals surface area contributed by atoms with Crippen molar-refractivity contribution in [3.8, 4) is 0 Å². The van der Waals surface area contributed by atoms with E-state index in [0.717, 1.165) is 43.6 Å². The van der Waals surface area contributed by atoms with Gasteiger partial charge in [-0.25, -0.2) is 8.42 Å². The number of rotatable bonds is 7. The maximum Gasteiger partial charge on any atom is 0.270 e. The second kappa shape index (κ2) is 9.25. The highest BCUT2D eigenvalue weighted by Crippen LogP contribution is 2.28. The molecule has 0 radical (unpaired) electrons. The van der Waals surface area contributed by atoms with Gasteiger partial charge in [0.2, 0.25) is 5.91 Å². The Kier molecular flexibility index (Phi) is 6.71. The fourth-order valence-electron chi connectivity index (χ4n) is 3.64. The van der Waals surface area contributed by atoms with E-state index in [1.54, 1.807) is 0 Å². The summed E-state index contributed by atoms with van der Waals surface area (Å²) in [6.07, 6.45) is 6.20. The number of carbonyl (C=O) groups is 1. The molecule has 2 aromatic rings. The number of nitro groups is 1. The lowest BCUT2D eigenvalue weighted by Crippen LogP contribution is -2.24. The van der Waals surface area contributed by atoms with Gasteiger partial charge in [-0.2, -0.15) is 0 Å². The molecule has 2 aromatic carbocycles. The summed E-state index contributed by atoms with van der Waals surface area (Å²) in [6, 6.07) is 11.0. The average molecular weight is 432 g/mol. The number of carbonyl (C=O) groups excluding carboxylic acids is 1. The normalized spacial score (nSPS) is 14.8. The van der Waals surface area contributed by atoms with Gasteiger partial charge in [-0.3, -0.25) is 14.9 Å². The fourth-order valence-corrected chi connectivity index (χ4v) is 4.52. The lowest BCUT2D eigenvalue weighted by molar-refractivity contribution is -0.385. The molecule has 0 bridgehead atoms. The first-order chi connectivity index (χ1) is 14.2. The summed E-state index contributed by atoms with van der Waals surface area (Å²) >= 11 is 0. The van der Waals surface area contributed by atoms with Crippen LogP contribution in [-0.2, 0) is 21.2 Å². The van der Waals surface area contributed by atoms with Crippen molar-refractivity contribution in [2.45, 2.75) is 43.5 Å². The van der Waals surface area contributed by atoms with Crippen LogP contribution in [0.4, 0.5) is 17.1 Å². The third kappa shape index (κ3) is 5.56. The zero-order valence-corrected chi connectivity index (χ0v) is 17.6. The van der Waals surface area contributed by atoms with Crippen molar-refractivity contribution in [3.05, 3.63) is 58.1 Å². The van der Waals surface area contributed by atoms with Crippen molar-refractivity contribution in [2.75, 3.05) is 16.9 Å². The van der Waals surface area contributed by atoms with Crippen LogP contribution < -0.4 is 10.6 Å². The first-order valence-corrected chi connectivity index (χ1v) is 11.8. The predicted octanol–water partition coefficient (Wildman–Crippen LogP) is 4.13. The van der Waals surface area contributed by atoms with Crippen LogP contribution in [-0.4, -0.2) is 25.5 Å². The molecular formula is C21H25N3O5S. The van der Waals surface area contributed by atoms with Crippen LogP contribution in [0.2, 0.25) is 0 Å². The molecule has 0 heterocycles. The van der Waals surface area contributed by atoms with Gasteiger partial charge in [-0.05, 0) is 36.6 Å². The molecule has 1 aliphatic rings. The minimum absolute atomic E-state index is 0.0366. The SMILES string of the molecule is CS(=O)(=O)c1cc([N+](=O)[O-])ccc1NCc1cccc(NC(=O)C2CCCCC2)c1. The molecule has 0 aromatic heterocycles. The van der Waals surface area contributed by atoms with E-state index < -0.39 is 14.8 Å². The molecule has 0 saturated heterocycles. The van der Waals surface area contributed by atoms with Gasteiger partial charge in [0.1, 0.15) is 0 Å². The minimum Gasteiger partial charge on any atom is -0.380 e. The molecule has 1 saturated carbocycles. The number of sulfone groups is 1. The van der Waals surface area contributed by atoms with Crippen LogP contribution >= 0.6 is 0 Å². The van der Waals surface area contributed by atoms with Crippen LogP contribution in [0, 0.1) is 16.0 Å². The number of nitrogens with zero attached hydrogens (tertiary/aromatic N) is 1. The van der Waals surface area contributed by atoms with E-state index in [-0.39, 0.29) is 22.4 Å². The van der Waals surface area contributed by atoms with E-state index in [1.165, 1.54) is 18.6 Å². The molecule has 1 amide bonds. The zero-order valence-electron chi connectivity index (χ0n) is 16.8. The smallest absolute Gasteiger partial charge is 0.270 e. The largest absolute Gasteiger partial charge is 0.380 e. The van der Waals surface area contributed by atoms with Gasteiger partial charge in [0, 0.05) is 36.5 Å². The van der Waals surface area contributed by atoms with E-state index in [1.807, 2.05) is 24.3 Å². The van der Waals surface area contributed by atoms with Gasteiger partial charge in [0.15, 0.2) is 9.84 Å². The van der Waals surface area contributed by atoms with Crippen molar-refractivity contribution in [1.29, 1.82) is 0 Å². The summed E-state index contributed by atoms with van der Waals surface area (Å²) in [6.45, 7) is 0.299. The van der Waals surface area contributed by atoms with Gasteiger partial charge in [-0.15, -0.1) is 0 Å². The third-order valence-corrected chi connectivity index (χ3v) is 6.37. The van der Waals surface area contributed by atoms with E-state index in [9.17, 15) is 23.3 Å². The molecule has 9 heteroatoms. The lowest BCUT2D eigenvalue weighted by atomic mass is 9.88. The highest BCUT2D eigenvalue weighted by atomic mass is 32.2. The van der Waals surface area contributed by atoms with Crippen molar-refractivity contribution in [3.63, 3.8) is 0 Å². The van der Waals surface area contributed by atoms with E-state index >= 15 is 0 Å². The van der Waals surface area contributed by atoms with E-state index in [4.69, 9.17) is 0 Å². The van der Waals surface area contributed by atoms with Crippen LogP contribution in [0.25, 0.3) is 0 Å². The predicted molar refractivity (Wildman–Crippen MR) is 115 cm³/mol. The van der Waals surface area contributed by atoms with Gasteiger partial charge < -0.3 is 10.6 Å². The molecule has 3 rings (SSSR count). The Morgan fingerprint density at radius 2 is 1.87 bits per heavy atom. The number of benzene rings is 2. The molecule has 0 aliphatic heterocycles. The van der Waals surface area contributed by atoms with Crippen LogP contribution in [0.3, 0.4) is 0 Å². The Hall–Kier alpha value is -2.94. The summed E-state index contributed by atoms with van der Waals surface area (Å²) in [7, 11) is -3.65. The Balaban J connectivity index is 1.71. The minimum atomic E-state index is -3.65. The summed E-state index contributed by atoms with van der Waals surface area (Å²) in [5.74, 6) is 0.0903. The Bertz CT molecular complexity index is 1050. The van der Waals surface area contributed by atoms with Crippen LogP contribution in [0.1, 0.15) is 37.7 Å². The second-order valence-corrected chi connectivity index (χ2v) is 9.57. The molecular weight excluding hydrogens is 406 g/mol. The lowest BCUT2D eigenvalue weighted by Gasteiger charge is -2.21. The maximum atomic E-state index is 12.5. The maximum absolute atomic E-state index is 12.5. The number of non-ortho nitro benzene ring substituents is 1. The van der Waals surface area contributed by atoms with Gasteiger partial charge in [-0.1, -0.05) is 31.4 Å². The standard InChI is InChI=1S/C21H25N3O5S/c1-30(28,29)20-13-18(24(26)27)10-11-19(20)22-14-15-6-5-9-17(12-15)23-21(25)16-7-3-2-4-8-16/h5-6,9-13,16,22H,2-4,7-8,14H2,1H3,(H,23,25). The molecule has 1 aliphatic carbocycles. The quantitative estimate of drug-likeness (QED) is 0.503. The topological polar surface area (TPSA) is 118 Å². The molecule has 160 valence electrons. The molecule has 8 nitrogen and oxygen atoms in total. The summed E-state index contributed by atoms with van der Waals surface area (Å²) in [4.78, 5) is 22.7. The monoisotopic (exact) mass is 431 g/mol. The number of amides is 1. The van der Waals surface area contributed by atoms with Crippen molar-refractivity contribution in [2.24, 2.45) is 5.92 Å². The number of anilines is 2. The second-order valence-electron chi connectivity index (χ2n) is 7.59. The molecule has 0 unspecified atom stereocenters. The molecule has 30 heavy (non-hydrogen) atoms. The van der Waals surface area contributed by atoms with Crippen molar-refractivity contribution >= 4 is 32.8 Å². The molecule has 0 atom stereocenters. The molecule has 1 fully saturated rings. The van der Waals surface area contributed by atoms with Crippen molar-refractivity contribution < 1.29 is 18.1 Å². The molecule has 2 N–H and O–H groups in total. The third-order valence-electron chi connectivity index (χ3n) is 5.23. The van der Waals surface area contributed by atoms with Crippen LogP contribution in [0.5, 0.6) is 0 Å². The number of nitrogens with one attached hydrogen (secondary N) is 2. The van der Waals surface area contributed by atoms with Gasteiger partial charge in [0.05, 0.1) is 15.5 Å².